The summed E-state index contributed by atoms with van der Waals surface area (Å²) in [5.41, 5.74) is 4.01. The molecule has 2 aromatic rings. The van der Waals surface area contributed by atoms with E-state index in [1.807, 2.05) is 42.3 Å². The fraction of sp³-hybridized carbons (Fsp3) is 0.480. The predicted molar refractivity (Wildman–Crippen MR) is 122 cm³/mol. The van der Waals surface area contributed by atoms with Crippen LogP contribution < -0.4 is 10.2 Å². The van der Waals surface area contributed by atoms with Crippen LogP contribution >= 0.6 is 0 Å². The van der Waals surface area contributed by atoms with Gasteiger partial charge in [-0.25, -0.2) is 4.98 Å². The quantitative estimate of drug-likeness (QED) is 0.825. The van der Waals surface area contributed by atoms with Crippen LogP contribution in [-0.2, 0) is 4.79 Å². The smallest absolute Gasteiger partial charge is 0.253 e. The van der Waals surface area contributed by atoms with Gasteiger partial charge in [-0.15, -0.1) is 0 Å². The molecular formula is C25H32N4O2. The van der Waals surface area contributed by atoms with E-state index in [0.29, 0.717) is 30.5 Å². The summed E-state index contributed by atoms with van der Waals surface area (Å²) in [4.78, 5) is 34.1. The molecule has 1 aromatic heterocycles. The summed E-state index contributed by atoms with van der Waals surface area (Å²) < 4.78 is 0. The van der Waals surface area contributed by atoms with Crippen molar-refractivity contribution in [1.82, 2.24) is 15.2 Å². The molecular weight excluding hydrogens is 388 g/mol. The summed E-state index contributed by atoms with van der Waals surface area (Å²) in [6.45, 7) is 12.1. The Labute approximate surface area is 184 Å². The maximum Gasteiger partial charge on any atom is 0.253 e. The number of rotatable bonds is 4. The number of amides is 2. The average molecular weight is 421 g/mol. The normalized spacial score (nSPS) is 21.5. The molecule has 31 heavy (non-hydrogen) atoms. The molecule has 1 N–H and O–H groups in total. The van der Waals surface area contributed by atoms with Crippen molar-refractivity contribution in [3.05, 3.63) is 58.8 Å². The number of piperazine rings is 1. The van der Waals surface area contributed by atoms with Crippen molar-refractivity contribution in [3.63, 3.8) is 0 Å². The van der Waals surface area contributed by atoms with Crippen LogP contribution in [0.5, 0.6) is 0 Å². The number of carbonyl (C=O) groups is 2. The number of benzene rings is 1. The summed E-state index contributed by atoms with van der Waals surface area (Å²) in [6, 6.07) is 9.80. The van der Waals surface area contributed by atoms with Gasteiger partial charge in [0, 0.05) is 44.5 Å². The van der Waals surface area contributed by atoms with Gasteiger partial charge in [-0.3, -0.25) is 9.59 Å². The monoisotopic (exact) mass is 420 g/mol. The Hall–Kier alpha value is -2.89. The number of hydrogen-bond acceptors (Lipinski definition) is 4. The molecule has 2 fully saturated rings. The van der Waals surface area contributed by atoms with Crippen molar-refractivity contribution in [2.75, 3.05) is 37.6 Å². The van der Waals surface area contributed by atoms with Crippen molar-refractivity contribution < 1.29 is 9.59 Å². The SMILES string of the molecule is Cc1cnc(N2CCN(C(=O)c3ccc([C@@H]4C(=O)NCC4C(C)C)cc3)CC2)c(C)c1. The minimum atomic E-state index is -0.127. The van der Waals surface area contributed by atoms with E-state index in [2.05, 4.69) is 42.0 Å². The van der Waals surface area contributed by atoms with E-state index < -0.39 is 0 Å². The highest BCUT2D eigenvalue weighted by Crippen LogP contribution is 2.34. The van der Waals surface area contributed by atoms with Crippen LogP contribution in [0, 0.1) is 25.7 Å². The fourth-order valence-electron chi connectivity index (χ4n) is 4.84. The molecule has 164 valence electrons. The zero-order chi connectivity index (χ0) is 22.1. The van der Waals surface area contributed by atoms with E-state index in [1.165, 1.54) is 5.56 Å². The first-order valence-corrected chi connectivity index (χ1v) is 11.2. The van der Waals surface area contributed by atoms with E-state index in [4.69, 9.17) is 0 Å². The van der Waals surface area contributed by atoms with Crippen LogP contribution in [0.25, 0.3) is 0 Å². The van der Waals surface area contributed by atoms with Gasteiger partial charge in [0.15, 0.2) is 0 Å². The first-order chi connectivity index (χ1) is 14.8. The van der Waals surface area contributed by atoms with Crippen molar-refractivity contribution in [2.45, 2.75) is 33.6 Å². The molecule has 0 saturated carbocycles. The van der Waals surface area contributed by atoms with Crippen LogP contribution in [0.15, 0.2) is 36.5 Å². The van der Waals surface area contributed by atoms with Gasteiger partial charge in [0.2, 0.25) is 5.91 Å². The number of pyridine rings is 1. The van der Waals surface area contributed by atoms with Crippen molar-refractivity contribution in [2.24, 2.45) is 11.8 Å². The molecule has 4 rings (SSSR count). The molecule has 6 heteroatoms. The third-order valence-corrected chi connectivity index (χ3v) is 6.65. The predicted octanol–water partition coefficient (Wildman–Crippen LogP) is 3.15. The van der Waals surface area contributed by atoms with Gasteiger partial charge >= 0.3 is 0 Å². The van der Waals surface area contributed by atoms with Gasteiger partial charge in [0.1, 0.15) is 5.82 Å². The topological polar surface area (TPSA) is 65.5 Å². The Morgan fingerprint density at radius 3 is 2.39 bits per heavy atom. The van der Waals surface area contributed by atoms with E-state index in [9.17, 15) is 9.59 Å². The lowest BCUT2D eigenvalue weighted by atomic mass is 9.81. The number of aryl methyl sites for hydroxylation is 2. The lowest BCUT2D eigenvalue weighted by Gasteiger charge is -2.36. The number of carbonyl (C=O) groups excluding carboxylic acids is 2. The van der Waals surface area contributed by atoms with Crippen molar-refractivity contribution in [1.29, 1.82) is 0 Å². The highest BCUT2D eigenvalue weighted by atomic mass is 16.2. The van der Waals surface area contributed by atoms with Crippen LogP contribution in [0.1, 0.15) is 46.8 Å². The second kappa shape index (κ2) is 8.69. The Kier molecular flexibility index (Phi) is 5.99. The van der Waals surface area contributed by atoms with Gasteiger partial charge in [-0.2, -0.15) is 0 Å². The van der Waals surface area contributed by atoms with Gasteiger partial charge < -0.3 is 15.1 Å². The maximum absolute atomic E-state index is 13.0. The molecule has 0 bridgehead atoms. The minimum absolute atomic E-state index is 0.0519. The van der Waals surface area contributed by atoms with Gasteiger partial charge in [0.25, 0.3) is 5.91 Å². The zero-order valence-electron chi connectivity index (χ0n) is 18.9. The molecule has 0 aliphatic carbocycles. The number of aromatic nitrogens is 1. The van der Waals surface area contributed by atoms with Crippen LogP contribution in [-0.4, -0.2) is 54.4 Å². The Morgan fingerprint density at radius 2 is 1.77 bits per heavy atom. The molecule has 2 aliphatic heterocycles. The number of nitrogens with one attached hydrogen (secondary N) is 1. The zero-order valence-corrected chi connectivity index (χ0v) is 18.9. The molecule has 0 radical (unpaired) electrons. The molecule has 2 saturated heterocycles. The van der Waals surface area contributed by atoms with Crippen molar-refractivity contribution in [3.8, 4) is 0 Å². The Morgan fingerprint density at radius 1 is 1.10 bits per heavy atom. The number of anilines is 1. The first kappa shape index (κ1) is 21.3. The van der Waals surface area contributed by atoms with E-state index in [-0.39, 0.29) is 17.7 Å². The lowest BCUT2D eigenvalue weighted by molar-refractivity contribution is -0.120. The van der Waals surface area contributed by atoms with Gasteiger partial charge in [-0.05, 0) is 54.5 Å². The standard InChI is InChI=1S/C25H32N4O2/c1-16(2)21-15-27-24(30)22(21)19-5-7-20(8-6-19)25(31)29-11-9-28(10-12-29)23-18(4)13-17(3)14-26-23/h5-8,13-14,16,21-22H,9-12,15H2,1-4H3,(H,27,30)/t21?,22-/m0/s1. The highest BCUT2D eigenvalue weighted by molar-refractivity contribution is 5.94. The molecule has 1 unspecified atom stereocenters. The van der Waals surface area contributed by atoms with Crippen LogP contribution in [0.3, 0.4) is 0 Å². The van der Waals surface area contributed by atoms with Crippen LogP contribution in [0.4, 0.5) is 5.82 Å². The lowest BCUT2D eigenvalue weighted by Crippen LogP contribution is -2.49. The van der Waals surface area contributed by atoms with E-state index in [0.717, 1.165) is 36.6 Å². The van der Waals surface area contributed by atoms with E-state index in [1.54, 1.807) is 0 Å². The Bertz CT molecular complexity index is 962. The molecule has 1 aromatic carbocycles. The summed E-state index contributed by atoms with van der Waals surface area (Å²) in [7, 11) is 0. The number of hydrogen-bond donors (Lipinski definition) is 1. The molecule has 2 amide bonds. The molecule has 3 heterocycles. The van der Waals surface area contributed by atoms with Crippen LogP contribution in [0.2, 0.25) is 0 Å². The summed E-state index contributed by atoms with van der Waals surface area (Å²) in [5.74, 6) is 1.74. The van der Waals surface area contributed by atoms with Gasteiger partial charge in [0.05, 0.1) is 5.92 Å². The third kappa shape index (κ3) is 4.29. The molecule has 2 atom stereocenters. The molecule has 6 nitrogen and oxygen atoms in total. The first-order valence-electron chi connectivity index (χ1n) is 11.2. The van der Waals surface area contributed by atoms with Gasteiger partial charge in [-0.1, -0.05) is 32.0 Å². The molecule has 0 spiro atoms. The van der Waals surface area contributed by atoms with Crippen molar-refractivity contribution >= 4 is 17.6 Å². The average Bonchev–Trinajstić information content (AvgIpc) is 3.15. The number of nitrogens with zero attached hydrogens (tertiary/aromatic N) is 3. The second-order valence-corrected chi connectivity index (χ2v) is 9.19. The maximum atomic E-state index is 13.0. The summed E-state index contributed by atoms with van der Waals surface area (Å²) in [6.07, 6.45) is 1.90. The Balaban J connectivity index is 1.41. The highest BCUT2D eigenvalue weighted by Gasteiger charge is 2.37. The fourth-order valence-corrected chi connectivity index (χ4v) is 4.84. The summed E-state index contributed by atoms with van der Waals surface area (Å²) in [5, 5.41) is 2.99. The second-order valence-electron chi connectivity index (χ2n) is 9.19. The summed E-state index contributed by atoms with van der Waals surface area (Å²) >= 11 is 0. The largest absolute Gasteiger partial charge is 0.355 e. The minimum Gasteiger partial charge on any atom is -0.355 e. The molecule has 2 aliphatic rings. The van der Waals surface area contributed by atoms with E-state index >= 15 is 0 Å². The third-order valence-electron chi connectivity index (χ3n) is 6.65.